The Bertz CT molecular complexity index is 308. The van der Waals surface area contributed by atoms with E-state index in [9.17, 15) is 19.8 Å². The summed E-state index contributed by atoms with van der Waals surface area (Å²) in [6, 6.07) is 1.26. The highest BCUT2D eigenvalue weighted by Crippen LogP contribution is 2.20. The molecule has 0 saturated heterocycles. The van der Waals surface area contributed by atoms with E-state index in [0.29, 0.717) is 4.88 Å². The second-order valence-electron chi connectivity index (χ2n) is 2.17. The average Bonchev–Trinajstić information content (AvgIpc) is 2.31. The van der Waals surface area contributed by atoms with Crippen molar-refractivity contribution in [2.75, 3.05) is 0 Å². The van der Waals surface area contributed by atoms with Gasteiger partial charge >= 0.3 is 0 Å². The Morgan fingerprint density at radius 3 is 2.25 bits per heavy atom. The highest BCUT2D eigenvalue weighted by atomic mass is 32.1. The first-order valence-electron chi connectivity index (χ1n) is 3.05. The SMILES string of the molecule is Cc1cc(C(=O)[O-])c(C(=O)[O-])s1. The molecule has 0 N–H and O–H groups in total. The van der Waals surface area contributed by atoms with Crippen LogP contribution in [0.1, 0.15) is 24.9 Å². The maximum absolute atomic E-state index is 10.3. The minimum atomic E-state index is -1.49. The summed E-state index contributed by atoms with van der Waals surface area (Å²) in [5.41, 5.74) is -0.308. The first kappa shape index (κ1) is 8.73. The van der Waals surface area contributed by atoms with E-state index >= 15 is 0 Å². The number of aromatic carboxylic acids is 2. The maximum Gasteiger partial charge on any atom is 0.0822 e. The van der Waals surface area contributed by atoms with Crippen LogP contribution in [0.15, 0.2) is 6.07 Å². The zero-order valence-electron chi connectivity index (χ0n) is 6.12. The summed E-state index contributed by atoms with van der Waals surface area (Å²) in [6.07, 6.45) is 0. The molecule has 0 spiro atoms. The number of carbonyl (C=O) groups excluding carboxylic acids is 2. The van der Waals surface area contributed by atoms with Gasteiger partial charge in [0.15, 0.2) is 0 Å². The van der Waals surface area contributed by atoms with Gasteiger partial charge in [-0.15, -0.1) is 11.3 Å². The standard InChI is InChI=1S/C7H6O4S/c1-3-2-4(6(8)9)5(12-3)7(10)11/h2H,1H3,(H,8,9)(H,10,11)/p-2. The van der Waals surface area contributed by atoms with E-state index in [1.165, 1.54) is 6.07 Å². The fourth-order valence-corrected chi connectivity index (χ4v) is 1.65. The Balaban J connectivity index is 3.26. The highest BCUT2D eigenvalue weighted by molar-refractivity contribution is 7.14. The van der Waals surface area contributed by atoms with Crippen molar-refractivity contribution in [2.45, 2.75) is 6.92 Å². The Hall–Kier alpha value is -1.36. The molecule has 1 rings (SSSR count). The molecule has 0 aliphatic carbocycles. The largest absolute Gasteiger partial charge is 0.545 e. The summed E-state index contributed by atoms with van der Waals surface area (Å²) in [7, 11) is 0. The Kier molecular flexibility index (Phi) is 2.14. The first-order chi connectivity index (χ1) is 5.52. The molecule has 64 valence electrons. The van der Waals surface area contributed by atoms with Crippen molar-refractivity contribution in [1.82, 2.24) is 0 Å². The summed E-state index contributed by atoms with van der Waals surface area (Å²) in [4.78, 5) is 21.0. The van der Waals surface area contributed by atoms with Crippen molar-refractivity contribution in [3.05, 3.63) is 21.4 Å². The van der Waals surface area contributed by atoms with Crippen molar-refractivity contribution in [3.8, 4) is 0 Å². The number of thiophene rings is 1. The molecule has 0 fully saturated rings. The van der Waals surface area contributed by atoms with Gasteiger partial charge in [-0.1, -0.05) is 0 Å². The number of carbonyl (C=O) groups is 2. The van der Waals surface area contributed by atoms with Gasteiger partial charge in [-0.25, -0.2) is 0 Å². The van der Waals surface area contributed by atoms with E-state index in [-0.39, 0.29) is 10.4 Å². The average molecular weight is 184 g/mol. The fourth-order valence-electron chi connectivity index (χ4n) is 0.817. The molecule has 0 atom stereocenters. The van der Waals surface area contributed by atoms with E-state index < -0.39 is 11.9 Å². The second-order valence-corrected chi connectivity index (χ2v) is 3.43. The van der Waals surface area contributed by atoms with Crippen molar-refractivity contribution < 1.29 is 19.8 Å². The molecule has 12 heavy (non-hydrogen) atoms. The molecule has 1 aromatic rings. The van der Waals surface area contributed by atoms with Crippen LogP contribution in [-0.4, -0.2) is 11.9 Å². The van der Waals surface area contributed by atoms with Gasteiger partial charge in [-0.05, 0) is 13.0 Å². The predicted octanol–water partition coefficient (Wildman–Crippen LogP) is -1.22. The molecule has 0 aliphatic rings. The van der Waals surface area contributed by atoms with Crippen LogP contribution >= 0.6 is 11.3 Å². The highest BCUT2D eigenvalue weighted by Gasteiger charge is 2.07. The molecule has 0 saturated carbocycles. The number of rotatable bonds is 2. The van der Waals surface area contributed by atoms with Crippen molar-refractivity contribution >= 4 is 23.3 Å². The lowest BCUT2D eigenvalue weighted by Crippen LogP contribution is -2.28. The molecule has 5 heteroatoms. The van der Waals surface area contributed by atoms with Gasteiger partial charge in [0.2, 0.25) is 0 Å². The lowest BCUT2D eigenvalue weighted by atomic mass is 10.2. The van der Waals surface area contributed by atoms with E-state index in [1.807, 2.05) is 0 Å². The molecule has 1 aromatic heterocycles. The number of carboxylic acid groups (broad SMARTS) is 2. The van der Waals surface area contributed by atoms with Crippen LogP contribution in [0.3, 0.4) is 0 Å². The van der Waals surface area contributed by atoms with E-state index in [4.69, 9.17) is 0 Å². The number of hydrogen-bond acceptors (Lipinski definition) is 5. The monoisotopic (exact) mass is 184 g/mol. The van der Waals surface area contributed by atoms with Crippen LogP contribution in [0, 0.1) is 6.92 Å². The molecule has 0 bridgehead atoms. The molecular formula is C7H4O4S-2. The number of aryl methyl sites for hydroxylation is 1. The van der Waals surface area contributed by atoms with Gasteiger partial charge in [0, 0.05) is 10.4 Å². The number of carboxylic acids is 2. The van der Waals surface area contributed by atoms with Crippen LogP contribution in [0.4, 0.5) is 0 Å². The third-order valence-electron chi connectivity index (χ3n) is 1.26. The summed E-state index contributed by atoms with van der Waals surface area (Å²) >= 11 is 0.868. The third-order valence-corrected chi connectivity index (χ3v) is 2.29. The molecule has 0 unspecified atom stereocenters. The van der Waals surface area contributed by atoms with Crippen LogP contribution < -0.4 is 10.2 Å². The molecule has 1 heterocycles. The molecule has 0 aromatic carbocycles. The molecular weight excluding hydrogens is 180 g/mol. The molecule has 0 aliphatic heterocycles. The Morgan fingerprint density at radius 1 is 1.33 bits per heavy atom. The maximum atomic E-state index is 10.3. The van der Waals surface area contributed by atoms with E-state index in [2.05, 4.69) is 0 Å². The van der Waals surface area contributed by atoms with Crippen LogP contribution in [0.5, 0.6) is 0 Å². The Morgan fingerprint density at radius 2 is 1.92 bits per heavy atom. The first-order valence-corrected chi connectivity index (χ1v) is 3.87. The van der Waals surface area contributed by atoms with Crippen molar-refractivity contribution in [2.24, 2.45) is 0 Å². The van der Waals surface area contributed by atoms with Gasteiger partial charge in [-0.3, -0.25) is 0 Å². The zero-order valence-corrected chi connectivity index (χ0v) is 6.94. The van der Waals surface area contributed by atoms with Gasteiger partial charge in [0.05, 0.1) is 16.8 Å². The van der Waals surface area contributed by atoms with Gasteiger partial charge < -0.3 is 19.8 Å². The minimum Gasteiger partial charge on any atom is -0.545 e. The van der Waals surface area contributed by atoms with Gasteiger partial charge in [-0.2, -0.15) is 0 Å². The molecule has 4 nitrogen and oxygen atoms in total. The smallest absolute Gasteiger partial charge is 0.0822 e. The summed E-state index contributed by atoms with van der Waals surface area (Å²) < 4.78 is 0. The van der Waals surface area contributed by atoms with Gasteiger partial charge in [0.1, 0.15) is 0 Å². The van der Waals surface area contributed by atoms with Crippen LogP contribution in [0.25, 0.3) is 0 Å². The summed E-state index contributed by atoms with van der Waals surface area (Å²) in [6.45, 7) is 1.61. The van der Waals surface area contributed by atoms with Crippen LogP contribution in [-0.2, 0) is 0 Å². The lowest BCUT2D eigenvalue weighted by Gasteiger charge is -2.03. The minimum absolute atomic E-state index is 0.285. The predicted molar refractivity (Wildman–Crippen MR) is 37.7 cm³/mol. The normalized spacial score (nSPS) is 9.75. The number of hydrogen-bond donors (Lipinski definition) is 0. The van der Waals surface area contributed by atoms with E-state index in [1.54, 1.807) is 6.92 Å². The van der Waals surface area contributed by atoms with Crippen molar-refractivity contribution in [1.29, 1.82) is 0 Å². The van der Waals surface area contributed by atoms with Crippen LogP contribution in [0.2, 0.25) is 0 Å². The van der Waals surface area contributed by atoms with E-state index in [0.717, 1.165) is 11.3 Å². The summed E-state index contributed by atoms with van der Waals surface area (Å²) in [5, 5.41) is 20.7. The third kappa shape index (κ3) is 1.45. The molecule has 0 amide bonds. The second kappa shape index (κ2) is 2.94. The fraction of sp³-hybridized carbons (Fsp3) is 0.143. The summed E-state index contributed by atoms with van der Waals surface area (Å²) in [5.74, 6) is -2.97. The van der Waals surface area contributed by atoms with Gasteiger partial charge in [0.25, 0.3) is 0 Å². The van der Waals surface area contributed by atoms with Crippen molar-refractivity contribution in [3.63, 3.8) is 0 Å². The molecule has 0 radical (unpaired) electrons. The quantitative estimate of drug-likeness (QED) is 0.577. The lowest BCUT2D eigenvalue weighted by molar-refractivity contribution is -0.259. The topological polar surface area (TPSA) is 80.3 Å². The Labute approximate surface area is 72.1 Å². The zero-order chi connectivity index (χ0) is 9.30.